The summed E-state index contributed by atoms with van der Waals surface area (Å²) in [7, 11) is 0. The minimum absolute atomic E-state index is 0. The average molecular weight is 202 g/mol. The van der Waals surface area contributed by atoms with Crippen molar-refractivity contribution in [3.63, 3.8) is 0 Å². The van der Waals surface area contributed by atoms with Crippen molar-refractivity contribution in [2.75, 3.05) is 0 Å². The molecule has 0 aromatic rings. The summed E-state index contributed by atoms with van der Waals surface area (Å²) < 4.78 is 0. The largest absolute Gasteiger partial charge is 0.542 e. The Morgan fingerprint density at radius 1 is 1.56 bits per heavy atom. The Morgan fingerprint density at radius 2 is 2.11 bits per heavy atom. The molecule has 1 unspecified atom stereocenters. The van der Waals surface area contributed by atoms with Gasteiger partial charge in [0.2, 0.25) is 0 Å². The van der Waals surface area contributed by atoms with Crippen LogP contribution in [-0.4, -0.2) is 6.29 Å². The van der Waals surface area contributed by atoms with E-state index >= 15 is 0 Å². The molecule has 1 radical (unpaired) electrons. The quantitative estimate of drug-likeness (QED) is 0.636. The first-order valence-electron chi connectivity index (χ1n) is 3.16. The Kier molecular flexibility index (Phi) is 12.1. The van der Waals surface area contributed by atoms with Gasteiger partial charge in [0.15, 0.2) is 0 Å². The average Bonchev–Trinajstić information content (AvgIpc) is 1.68. The predicted molar refractivity (Wildman–Crippen MR) is 34.4 cm³/mol. The fourth-order valence-corrected chi connectivity index (χ4v) is 0.737. The molecular weight excluding hydrogens is 189 g/mol. The molecule has 0 heterocycles. The van der Waals surface area contributed by atoms with E-state index in [1.54, 1.807) is 0 Å². The van der Waals surface area contributed by atoms with Gasteiger partial charge >= 0.3 is 0 Å². The summed E-state index contributed by atoms with van der Waals surface area (Å²) in [6, 6.07) is 0. The van der Waals surface area contributed by atoms with E-state index in [9.17, 15) is 4.79 Å². The van der Waals surface area contributed by atoms with Gasteiger partial charge in [-0.15, -0.1) is 6.42 Å². The van der Waals surface area contributed by atoms with Gasteiger partial charge in [-0.25, -0.2) is 0 Å². The van der Waals surface area contributed by atoms with Crippen molar-refractivity contribution in [1.29, 1.82) is 0 Å². The SMILES string of the molecule is CCCC(C)C[C-]=O.[Y]. The molecule has 2 heteroatoms. The first-order chi connectivity index (χ1) is 3.81. The van der Waals surface area contributed by atoms with E-state index in [-0.39, 0.29) is 32.7 Å². The topological polar surface area (TPSA) is 17.1 Å². The molecule has 0 aliphatic carbocycles. The molecule has 51 valence electrons. The molecule has 0 spiro atoms. The second-order valence-corrected chi connectivity index (χ2v) is 2.24. The summed E-state index contributed by atoms with van der Waals surface area (Å²) in [5.41, 5.74) is 0. The van der Waals surface area contributed by atoms with Crippen LogP contribution in [-0.2, 0) is 37.5 Å². The van der Waals surface area contributed by atoms with Crippen LogP contribution in [0.1, 0.15) is 33.1 Å². The minimum Gasteiger partial charge on any atom is -0.542 e. The van der Waals surface area contributed by atoms with Crippen molar-refractivity contribution in [2.45, 2.75) is 33.1 Å². The molecular formula is C7H13OY-. The van der Waals surface area contributed by atoms with Gasteiger partial charge in [0, 0.05) is 32.7 Å². The smallest absolute Gasteiger partial charge is 0 e. The van der Waals surface area contributed by atoms with E-state index in [2.05, 4.69) is 13.8 Å². The molecule has 0 N–H and O–H groups in total. The summed E-state index contributed by atoms with van der Waals surface area (Å²) in [6.45, 7) is 4.20. The normalized spacial score (nSPS) is 11.8. The van der Waals surface area contributed by atoms with Crippen molar-refractivity contribution in [3.05, 3.63) is 0 Å². The van der Waals surface area contributed by atoms with Crippen molar-refractivity contribution >= 4 is 6.29 Å². The summed E-state index contributed by atoms with van der Waals surface area (Å²) in [4.78, 5) is 9.77. The van der Waals surface area contributed by atoms with E-state index in [4.69, 9.17) is 0 Å². The Balaban J connectivity index is 0. The molecule has 0 fully saturated rings. The Morgan fingerprint density at radius 3 is 2.44 bits per heavy atom. The Bertz CT molecular complexity index is 63.9. The zero-order valence-electron chi connectivity index (χ0n) is 6.18. The standard InChI is InChI=1S/C7H13O.Y/c1-3-4-7(2)5-6-8;/h7H,3-5H2,1-2H3;/q-1;. The summed E-state index contributed by atoms with van der Waals surface area (Å²) in [5, 5.41) is 0. The van der Waals surface area contributed by atoms with Crippen molar-refractivity contribution in [3.8, 4) is 0 Å². The molecule has 0 saturated heterocycles. The van der Waals surface area contributed by atoms with Crippen LogP contribution in [0.3, 0.4) is 0 Å². The summed E-state index contributed by atoms with van der Waals surface area (Å²) in [6.07, 6.45) is 4.82. The first kappa shape index (κ1) is 12.5. The van der Waals surface area contributed by atoms with E-state index in [1.807, 2.05) is 6.29 Å². The van der Waals surface area contributed by atoms with Crippen molar-refractivity contribution in [2.24, 2.45) is 5.92 Å². The van der Waals surface area contributed by atoms with Crippen LogP contribution in [0.25, 0.3) is 0 Å². The number of hydrogen-bond acceptors (Lipinski definition) is 1. The third-order valence-electron chi connectivity index (χ3n) is 1.21. The monoisotopic (exact) mass is 202 g/mol. The molecule has 0 amide bonds. The van der Waals surface area contributed by atoms with E-state index in [1.165, 1.54) is 6.42 Å². The van der Waals surface area contributed by atoms with Gasteiger partial charge < -0.3 is 4.79 Å². The van der Waals surface area contributed by atoms with Gasteiger partial charge in [-0.3, -0.25) is 6.29 Å². The first-order valence-corrected chi connectivity index (χ1v) is 3.16. The molecule has 0 aromatic heterocycles. The van der Waals surface area contributed by atoms with Crippen LogP contribution < -0.4 is 0 Å². The van der Waals surface area contributed by atoms with Crippen molar-refractivity contribution < 1.29 is 37.5 Å². The second-order valence-electron chi connectivity index (χ2n) is 2.24. The van der Waals surface area contributed by atoms with E-state index < -0.39 is 0 Å². The van der Waals surface area contributed by atoms with Gasteiger partial charge in [-0.05, 0) is 0 Å². The van der Waals surface area contributed by atoms with Crippen LogP contribution in [0.5, 0.6) is 0 Å². The molecule has 0 aliphatic heterocycles. The van der Waals surface area contributed by atoms with Gasteiger partial charge in [0.1, 0.15) is 0 Å². The van der Waals surface area contributed by atoms with Gasteiger partial charge in [0.25, 0.3) is 0 Å². The molecule has 9 heavy (non-hydrogen) atoms. The molecule has 1 nitrogen and oxygen atoms in total. The number of hydrogen-bond donors (Lipinski definition) is 0. The number of carbonyl (C=O) groups excluding carboxylic acids is 1. The second kappa shape index (κ2) is 8.77. The molecule has 1 atom stereocenters. The summed E-state index contributed by atoms with van der Waals surface area (Å²) >= 11 is 0. The van der Waals surface area contributed by atoms with Crippen molar-refractivity contribution in [1.82, 2.24) is 0 Å². The third kappa shape index (κ3) is 8.77. The Labute approximate surface area is 82.5 Å². The molecule has 0 rings (SSSR count). The molecule has 0 saturated carbocycles. The summed E-state index contributed by atoms with van der Waals surface area (Å²) in [5.74, 6) is 0.539. The van der Waals surface area contributed by atoms with Crippen LogP contribution in [0.4, 0.5) is 0 Å². The van der Waals surface area contributed by atoms with Gasteiger partial charge in [-0.1, -0.05) is 32.6 Å². The molecule has 0 aromatic carbocycles. The van der Waals surface area contributed by atoms with Gasteiger partial charge in [-0.2, -0.15) is 0 Å². The van der Waals surface area contributed by atoms with Crippen LogP contribution in [0, 0.1) is 5.92 Å². The van der Waals surface area contributed by atoms with E-state index in [0.717, 1.165) is 6.42 Å². The van der Waals surface area contributed by atoms with Gasteiger partial charge in [0.05, 0.1) is 0 Å². The van der Waals surface area contributed by atoms with Crippen LogP contribution >= 0.6 is 0 Å². The molecule has 0 bridgehead atoms. The van der Waals surface area contributed by atoms with Crippen LogP contribution in [0.15, 0.2) is 0 Å². The maximum Gasteiger partial charge on any atom is 0 e. The maximum absolute atomic E-state index is 9.77. The fourth-order valence-electron chi connectivity index (χ4n) is 0.737. The zero-order valence-corrected chi connectivity index (χ0v) is 9.02. The fraction of sp³-hybridized carbons (Fsp3) is 0.857. The minimum atomic E-state index is 0. The maximum atomic E-state index is 9.77. The Hall–Kier alpha value is 0.774. The third-order valence-corrected chi connectivity index (χ3v) is 1.21. The van der Waals surface area contributed by atoms with Crippen LogP contribution in [0.2, 0.25) is 0 Å². The number of rotatable bonds is 4. The molecule has 0 aliphatic rings. The predicted octanol–water partition coefficient (Wildman–Crippen LogP) is 1.92. The zero-order chi connectivity index (χ0) is 6.41. The van der Waals surface area contributed by atoms with E-state index in [0.29, 0.717) is 12.3 Å².